The van der Waals surface area contributed by atoms with E-state index in [4.69, 9.17) is 11.6 Å². The predicted octanol–water partition coefficient (Wildman–Crippen LogP) is 2.82. The molecule has 1 heterocycles. The van der Waals surface area contributed by atoms with Crippen LogP contribution in [0.2, 0.25) is 4.34 Å². The lowest BCUT2D eigenvalue weighted by atomic mass is 10.2. The van der Waals surface area contributed by atoms with Crippen molar-refractivity contribution in [1.82, 2.24) is 5.32 Å². The topological polar surface area (TPSA) is 29.1 Å². The summed E-state index contributed by atoms with van der Waals surface area (Å²) in [4.78, 5) is 1.22. The Morgan fingerprint density at radius 1 is 1.53 bits per heavy atom. The molecule has 1 aromatic rings. The third kappa shape index (κ3) is 4.64. The number of hydrogen-bond donors (Lipinski definition) is 1. The third-order valence-electron chi connectivity index (χ3n) is 2.04. The van der Waals surface area contributed by atoms with Gasteiger partial charge in [-0.05, 0) is 26.0 Å². The lowest BCUT2D eigenvalue weighted by Crippen LogP contribution is -2.32. The van der Waals surface area contributed by atoms with Crippen LogP contribution in [0.15, 0.2) is 12.1 Å². The van der Waals surface area contributed by atoms with Crippen LogP contribution in [0.4, 0.5) is 0 Å². The third-order valence-corrected chi connectivity index (χ3v) is 4.42. The van der Waals surface area contributed by atoms with Gasteiger partial charge in [0, 0.05) is 39.8 Å². The van der Waals surface area contributed by atoms with Gasteiger partial charge < -0.3 is 5.32 Å². The van der Waals surface area contributed by atoms with E-state index in [1.165, 1.54) is 4.88 Å². The van der Waals surface area contributed by atoms with Gasteiger partial charge in [0.25, 0.3) is 0 Å². The first-order valence-corrected chi connectivity index (χ1v) is 7.72. The molecule has 1 rings (SSSR count). The molecule has 0 aliphatic carbocycles. The van der Waals surface area contributed by atoms with Gasteiger partial charge in [-0.15, -0.1) is 11.3 Å². The highest BCUT2D eigenvalue weighted by molar-refractivity contribution is 7.84. The molecule has 5 heteroatoms. The van der Waals surface area contributed by atoms with Crippen molar-refractivity contribution in [2.24, 2.45) is 0 Å². The fraction of sp³-hybridized carbons (Fsp3) is 0.600. The first-order chi connectivity index (χ1) is 6.99. The smallest absolute Gasteiger partial charge is 0.0931 e. The van der Waals surface area contributed by atoms with Gasteiger partial charge >= 0.3 is 0 Å². The quantitative estimate of drug-likeness (QED) is 0.887. The monoisotopic (exact) mass is 265 g/mol. The molecule has 1 N–H and O–H groups in total. The molecule has 2 nitrogen and oxygen atoms in total. The van der Waals surface area contributed by atoms with Gasteiger partial charge in [-0.1, -0.05) is 11.6 Å². The van der Waals surface area contributed by atoms with Crippen LogP contribution < -0.4 is 5.32 Å². The van der Waals surface area contributed by atoms with Crippen molar-refractivity contribution in [2.45, 2.75) is 25.9 Å². The summed E-state index contributed by atoms with van der Waals surface area (Å²) < 4.78 is 11.8. The summed E-state index contributed by atoms with van der Waals surface area (Å²) in [6, 6.07) is 4.45. The maximum absolute atomic E-state index is 11.0. The highest BCUT2D eigenvalue weighted by Gasteiger charge is 2.12. The van der Waals surface area contributed by atoms with E-state index in [2.05, 4.69) is 12.2 Å². The maximum Gasteiger partial charge on any atom is 0.0931 e. The molecule has 0 bridgehead atoms. The predicted molar refractivity (Wildman–Crippen MR) is 69.3 cm³/mol. The average molecular weight is 266 g/mol. The van der Waals surface area contributed by atoms with E-state index >= 15 is 0 Å². The molecule has 15 heavy (non-hydrogen) atoms. The SMILES string of the molecule is CC(CS(C)=O)NC(C)c1ccc(Cl)s1. The Balaban J connectivity index is 2.48. The van der Waals surface area contributed by atoms with Crippen LogP contribution in [-0.4, -0.2) is 22.3 Å². The molecule has 0 aliphatic rings. The minimum absolute atomic E-state index is 0.256. The molecule has 0 aromatic carbocycles. The largest absolute Gasteiger partial charge is 0.306 e. The second-order valence-electron chi connectivity index (χ2n) is 3.67. The van der Waals surface area contributed by atoms with E-state index in [1.807, 2.05) is 19.1 Å². The van der Waals surface area contributed by atoms with Crippen LogP contribution in [0.1, 0.15) is 24.8 Å². The van der Waals surface area contributed by atoms with Gasteiger partial charge in [0.1, 0.15) is 0 Å². The summed E-state index contributed by atoms with van der Waals surface area (Å²) in [5.74, 6) is 0.684. The van der Waals surface area contributed by atoms with Gasteiger partial charge in [-0.25, -0.2) is 0 Å². The van der Waals surface area contributed by atoms with Crippen molar-refractivity contribution in [3.8, 4) is 0 Å². The average Bonchev–Trinajstić information content (AvgIpc) is 2.49. The maximum atomic E-state index is 11.0. The second-order valence-corrected chi connectivity index (χ2v) is 6.90. The van der Waals surface area contributed by atoms with Crippen molar-refractivity contribution in [3.05, 3.63) is 21.3 Å². The van der Waals surface area contributed by atoms with E-state index in [0.29, 0.717) is 5.75 Å². The molecule has 0 saturated carbocycles. The minimum atomic E-state index is -0.748. The summed E-state index contributed by atoms with van der Waals surface area (Å²) in [5.41, 5.74) is 0. The highest BCUT2D eigenvalue weighted by atomic mass is 35.5. The molecule has 3 atom stereocenters. The standard InChI is InChI=1S/C10H16ClNOS2/c1-7(6-15(3)13)12-8(2)9-4-5-10(11)14-9/h4-5,7-8,12H,6H2,1-3H3. The minimum Gasteiger partial charge on any atom is -0.306 e. The van der Waals surface area contributed by atoms with E-state index < -0.39 is 10.8 Å². The van der Waals surface area contributed by atoms with E-state index in [-0.39, 0.29) is 12.1 Å². The molecular weight excluding hydrogens is 250 g/mol. The Morgan fingerprint density at radius 3 is 2.67 bits per heavy atom. The van der Waals surface area contributed by atoms with Crippen molar-refractivity contribution in [1.29, 1.82) is 0 Å². The normalized spacial score (nSPS) is 17.3. The molecule has 86 valence electrons. The van der Waals surface area contributed by atoms with Gasteiger partial charge in [-0.3, -0.25) is 4.21 Å². The summed E-state index contributed by atoms with van der Waals surface area (Å²) in [7, 11) is -0.748. The van der Waals surface area contributed by atoms with Crippen LogP contribution in [0.25, 0.3) is 0 Å². The second kappa shape index (κ2) is 5.99. The molecule has 0 amide bonds. The Hall–Kier alpha value is 0.1000. The molecule has 0 fully saturated rings. The molecule has 0 spiro atoms. The zero-order chi connectivity index (χ0) is 11.4. The Morgan fingerprint density at radius 2 is 2.20 bits per heavy atom. The number of halogens is 1. The Kier molecular flexibility index (Phi) is 5.26. The zero-order valence-electron chi connectivity index (χ0n) is 9.12. The number of thiophene rings is 1. The molecular formula is C10H16ClNOS2. The van der Waals surface area contributed by atoms with E-state index in [1.54, 1.807) is 17.6 Å². The summed E-state index contributed by atoms with van der Waals surface area (Å²) >= 11 is 7.45. The van der Waals surface area contributed by atoms with Crippen molar-refractivity contribution >= 4 is 33.7 Å². The lowest BCUT2D eigenvalue weighted by molar-refractivity contribution is 0.514. The zero-order valence-corrected chi connectivity index (χ0v) is 11.5. The van der Waals surface area contributed by atoms with Crippen molar-refractivity contribution in [3.63, 3.8) is 0 Å². The van der Waals surface area contributed by atoms with Crippen LogP contribution >= 0.6 is 22.9 Å². The Labute approximate surface area is 102 Å². The van der Waals surface area contributed by atoms with Crippen molar-refractivity contribution in [2.75, 3.05) is 12.0 Å². The first-order valence-electron chi connectivity index (χ1n) is 4.80. The molecule has 1 aromatic heterocycles. The Bertz CT molecular complexity index is 340. The fourth-order valence-corrected chi connectivity index (χ4v) is 3.34. The summed E-state index contributed by atoms with van der Waals surface area (Å²) in [6.07, 6.45) is 1.73. The summed E-state index contributed by atoms with van der Waals surface area (Å²) in [6.45, 7) is 4.14. The van der Waals surface area contributed by atoms with Crippen LogP contribution in [-0.2, 0) is 10.8 Å². The van der Waals surface area contributed by atoms with Gasteiger partial charge in [0.2, 0.25) is 0 Å². The summed E-state index contributed by atoms with van der Waals surface area (Å²) in [5, 5.41) is 3.40. The van der Waals surface area contributed by atoms with Crippen LogP contribution in [0.5, 0.6) is 0 Å². The molecule has 0 aliphatic heterocycles. The molecule has 3 unspecified atom stereocenters. The van der Waals surface area contributed by atoms with Gasteiger partial charge in [0.15, 0.2) is 0 Å². The van der Waals surface area contributed by atoms with Crippen molar-refractivity contribution < 1.29 is 4.21 Å². The molecule has 0 radical (unpaired) electrons. The lowest BCUT2D eigenvalue weighted by Gasteiger charge is -2.17. The number of hydrogen-bond acceptors (Lipinski definition) is 3. The van der Waals surface area contributed by atoms with E-state index in [0.717, 1.165) is 4.34 Å². The van der Waals surface area contributed by atoms with Gasteiger partial charge in [0.05, 0.1) is 4.34 Å². The number of nitrogens with one attached hydrogen (secondary N) is 1. The molecule has 0 saturated heterocycles. The number of rotatable bonds is 5. The fourth-order valence-electron chi connectivity index (χ4n) is 1.47. The van der Waals surface area contributed by atoms with Crippen LogP contribution in [0, 0.1) is 0 Å². The van der Waals surface area contributed by atoms with Gasteiger partial charge in [-0.2, -0.15) is 0 Å². The highest BCUT2D eigenvalue weighted by Crippen LogP contribution is 2.26. The van der Waals surface area contributed by atoms with Crippen LogP contribution in [0.3, 0.4) is 0 Å². The first kappa shape index (κ1) is 13.2. The van der Waals surface area contributed by atoms with E-state index in [9.17, 15) is 4.21 Å².